The Hall–Kier alpha value is -0.390. The SMILES string of the molecule is CC(N)C(=O)N1C[C@H](F)C[C@H]1CN.Cl. The van der Waals surface area contributed by atoms with Crippen molar-refractivity contribution in [3.8, 4) is 0 Å². The molecular weight excluding hydrogens is 209 g/mol. The first kappa shape index (κ1) is 13.6. The van der Waals surface area contributed by atoms with Crippen molar-refractivity contribution in [2.24, 2.45) is 11.5 Å². The van der Waals surface area contributed by atoms with Gasteiger partial charge in [-0.25, -0.2) is 4.39 Å². The van der Waals surface area contributed by atoms with E-state index in [1.165, 1.54) is 4.90 Å². The highest BCUT2D eigenvalue weighted by Gasteiger charge is 2.35. The van der Waals surface area contributed by atoms with Crippen molar-refractivity contribution in [2.75, 3.05) is 13.1 Å². The van der Waals surface area contributed by atoms with Gasteiger partial charge in [0, 0.05) is 19.0 Å². The Bertz CT molecular complexity index is 203. The highest BCUT2D eigenvalue weighted by molar-refractivity contribution is 5.85. The minimum atomic E-state index is -0.948. The van der Waals surface area contributed by atoms with Gasteiger partial charge in [-0.2, -0.15) is 0 Å². The lowest BCUT2D eigenvalue weighted by molar-refractivity contribution is -0.133. The number of hydrogen-bond donors (Lipinski definition) is 2. The van der Waals surface area contributed by atoms with Gasteiger partial charge < -0.3 is 16.4 Å². The van der Waals surface area contributed by atoms with Crippen LogP contribution in [-0.2, 0) is 4.79 Å². The van der Waals surface area contributed by atoms with Crippen LogP contribution in [0.1, 0.15) is 13.3 Å². The van der Waals surface area contributed by atoms with Gasteiger partial charge in [0.15, 0.2) is 0 Å². The van der Waals surface area contributed by atoms with Gasteiger partial charge in [-0.3, -0.25) is 4.79 Å². The lowest BCUT2D eigenvalue weighted by Crippen LogP contribution is -2.47. The fourth-order valence-electron chi connectivity index (χ4n) is 1.61. The first-order valence-electron chi connectivity index (χ1n) is 4.46. The molecule has 84 valence electrons. The van der Waals surface area contributed by atoms with E-state index in [0.717, 1.165) is 0 Å². The van der Waals surface area contributed by atoms with Crippen LogP contribution >= 0.6 is 12.4 Å². The van der Waals surface area contributed by atoms with Crippen LogP contribution in [0.5, 0.6) is 0 Å². The molecule has 1 aliphatic heterocycles. The fourth-order valence-corrected chi connectivity index (χ4v) is 1.61. The molecule has 0 aromatic heterocycles. The molecule has 4 N–H and O–H groups in total. The molecule has 1 rings (SSSR count). The molecule has 1 unspecified atom stereocenters. The van der Waals surface area contributed by atoms with Crippen LogP contribution < -0.4 is 11.5 Å². The summed E-state index contributed by atoms with van der Waals surface area (Å²) < 4.78 is 12.9. The van der Waals surface area contributed by atoms with Gasteiger partial charge in [0.2, 0.25) is 5.91 Å². The third-order valence-electron chi connectivity index (χ3n) is 2.31. The number of halogens is 2. The second kappa shape index (κ2) is 5.48. The van der Waals surface area contributed by atoms with Crippen molar-refractivity contribution < 1.29 is 9.18 Å². The smallest absolute Gasteiger partial charge is 0.239 e. The average Bonchev–Trinajstić information content (AvgIpc) is 2.45. The van der Waals surface area contributed by atoms with E-state index in [9.17, 15) is 9.18 Å². The van der Waals surface area contributed by atoms with Crippen LogP contribution in [0.3, 0.4) is 0 Å². The molecular formula is C8H17ClFN3O. The van der Waals surface area contributed by atoms with Crippen LogP contribution in [0.25, 0.3) is 0 Å². The zero-order valence-electron chi connectivity index (χ0n) is 8.15. The standard InChI is InChI=1S/C8H16FN3O.ClH/c1-5(11)8(13)12-4-6(9)2-7(12)3-10;/h5-7H,2-4,10-11H2,1H3;1H/t5?,6-,7+;/m1./s1. The summed E-state index contributed by atoms with van der Waals surface area (Å²) in [5.74, 6) is -0.212. The normalized spacial score (nSPS) is 28.4. The van der Waals surface area contributed by atoms with Crippen LogP contribution in [0, 0.1) is 0 Å². The predicted octanol–water partition coefficient (Wildman–Crippen LogP) is -0.347. The second-order valence-corrected chi connectivity index (χ2v) is 3.50. The maximum absolute atomic E-state index is 12.9. The largest absolute Gasteiger partial charge is 0.334 e. The van der Waals surface area contributed by atoms with Gasteiger partial charge in [0.05, 0.1) is 12.6 Å². The Balaban J connectivity index is 0.00000169. The summed E-state index contributed by atoms with van der Waals surface area (Å²) in [5.41, 5.74) is 10.8. The Kier molecular flexibility index (Phi) is 5.33. The van der Waals surface area contributed by atoms with Gasteiger partial charge in [-0.05, 0) is 6.92 Å². The Labute approximate surface area is 89.2 Å². The van der Waals surface area contributed by atoms with E-state index in [0.29, 0.717) is 13.0 Å². The quantitative estimate of drug-likeness (QED) is 0.675. The Morgan fingerprint density at radius 2 is 2.29 bits per heavy atom. The maximum Gasteiger partial charge on any atom is 0.239 e. The second-order valence-electron chi connectivity index (χ2n) is 3.50. The van der Waals surface area contributed by atoms with E-state index in [2.05, 4.69) is 0 Å². The molecule has 1 amide bonds. The predicted molar refractivity (Wildman–Crippen MR) is 55.0 cm³/mol. The summed E-state index contributed by atoms with van der Waals surface area (Å²) in [6.45, 7) is 2.04. The zero-order chi connectivity index (χ0) is 10.0. The van der Waals surface area contributed by atoms with Gasteiger partial charge >= 0.3 is 0 Å². The molecule has 4 nitrogen and oxygen atoms in total. The molecule has 14 heavy (non-hydrogen) atoms. The number of carbonyl (C=O) groups is 1. The maximum atomic E-state index is 12.9. The van der Waals surface area contributed by atoms with E-state index in [4.69, 9.17) is 11.5 Å². The number of nitrogens with two attached hydrogens (primary N) is 2. The van der Waals surface area contributed by atoms with E-state index in [-0.39, 0.29) is 30.9 Å². The minimum Gasteiger partial charge on any atom is -0.334 e. The lowest BCUT2D eigenvalue weighted by Gasteiger charge is -2.24. The van der Waals surface area contributed by atoms with Crippen LogP contribution in [-0.4, -0.2) is 42.2 Å². The molecule has 1 saturated heterocycles. The highest BCUT2D eigenvalue weighted by atomic mass is 35.5. The van der Waals surface area contributed by atoms with E-state index in [1.54, 1.807) is 6.92 Å². The number of nitrogens with zero attached hydrogens (tertiary/aromatic N) is 1. The van der Waals surface area contributed by atoms with Crippen LogP contribution in [0.4, 0.5) is 4.39 Å². The van der Waals surface area contributed by atoms with Crippen molar-refractivity contribution in [1.29, 1.82) is 0 Å². The number of alkyl halides is 1. The van der Waals surface area contributed by atoms with Gasteiger partial charge in [-0.15, -0.1) is 12.4 Å². The van der Waals surface area contributed by atoms with Gasteiger partial charge in [0.1, 0.15) is 6.17 Å². The third kappa shape index (κ3) is 2.80. The van der Waals surface area contributed by atoms with Crippen molar-refractivity contribution in [2.45, 2.75) is 31.6 Å². The summed E-state index contributed by atoms with van der Waals surface area (Å²) in [7, 11) is 0. The molecule has 0 bridgehead atoms. The number of amides is 1. The molecule has 0 radical (unpaired) electrons. The number of rotatable bonds is 2. The Morgan fingerprint density at radius 1 is 1.71 bits per heavy atom. The molecule has 0 aromatic carbocycles. The summed E-state index contributed by atoms with van der Waals surface area (Å²) in [4.78, 5) is 12.9. The van der Waals surface area contributed by atoms with E-state index in [1.807, 2.05) is 0 Å². The highest BCUT2D eigenvalue weighted by Crippen LogP contribution is 2.19. The molecule has 3 atom stereocenters. The summed E-state index contributed by atoms with van der Waals surface area (Å²) in [5, 5.41) is 0. The van der Waals surface area contributed by atoms with Crippen molar-refractivity contribution in [3.63, 3.8) is 0 Å². The molecule has 1 fully saturated rings. The molecule has 0 spiro atoms. The van der Waals surface area contributed by atoms with E-state index < -0.39 is 12.2 Å². The summed E-state index contributed by atoms with van der Waals surface area (Å²) in [6, 6.07) is -0.743. The zero-order valence-corrected chi connectivity index (χ0v) is 8.97. The van der Waals surface area contributed by atoms with Gasteiger partial charge in [-0.1, -0.05) is 0 Å². The number of carbonyl (C=O) groups excluding carboxylic acids is 1. The number of likely N-dealkylation sites (tertiary alicyclic amines) is 1. The molecule has 0 aliphatic carbocycles. The minimum absolute atomic E-state index is 0. The molecule has 1 aliphatic rings. The Morgan fingerprint density at radius 3 is 2.71 bits per heavy atom. The molecule has 0 aromatic rings. The van der Waals surface area contributed by atoms with Crippen molar-refractivity contribution in [1.82, 2.24) is 4.90 Å². The first-order chi connectivity index (χ1) is 6.06. The average molecular weight is 226 g/mol. The van der Waals surface area contributed by atoms with Gasteiger partial charge in [0.25, 0.3) is 0 Å². The monoisotopic (exact) mass is 225 g/mol. The topological polar surface area (TPSA) is 72.4 Å². The lowest BCUT2D eigenvalue weighted by atomic mass is 10.2. The van der Waals surface area contributed by atoms with Crippen LogP contribution in [0.15, 0.2) is 0 Å². The third-order valence-corrected chi connectivity index (χ3v) is 2.31. The number of hydrogen-bond acceptors (Lipinski definition) is 3. The van der Waals surface area contributed by atoms with Crippen LogP contribution in [0.2, 0.25) is 0 Å². The summed E-state index contributed by atoms with van der Waals surface area (Å²) in [6.07, 6.45) is -0.606. The van der Waals surface area contributed by atoms with Crippen molar-refractivity contribution in [3.05, 3.63) is 0 Å². The first-order valence-corrected chi connectivity index (χ1v) is 4.46. The van der Waals surface area contributed by atoms with E-state index >= 15 is 0 Å². The molecule has 0 saturated carbocycles. The molecule has 1 heterocycles. The molecule has 6 heteroatoms. The van der Waals surface area contributed by atoms with Crippen molar-refractivity contribution >= 4 is 18.3 Å². The summed E-state index contributed by atoms with van der Waals surface area (Å²) >= 11 is 0. The fraction of sp³-hybridized carbons (Fsp3) is 0.875.